The molecule has 0 aromatic rings. The molecule has 2 nitrogen and oxygen atoms in total. The molecule has 4 heteroatoms. The summed E-state index contributed by atoms with van der Waals surface area (Å²) in [5.74, 6) is 0. The Bertz CT molecular complexity index is 30.6. The minimum absolute atomic E-state index is 0. The van der Waals surface area contributed by atoms with Crippen LogP contribution in [0.5, 0.6) is 0 Å². The monoisotopic (exact) mass is 214 g/mol. The van der Waals surface area contributed by atoms with Gasteiger partial charge in [-0.1, -0.05) is 0 Å². The van der Waals surface area contributed by atoms with Crippen molar-refractivity contribution in [1.29, 1.82) is 0 Å². The summed E-state index contributed by atoms with van der Waals surface area (Å²) < 4.78 is 17.0. The van der Waals surface area contributed by atoms with Gasteiger partial charge in [0.25, 0.3) is 0 Å². The Morgan fingerprint density at radius 3 is 1.50 bits per heavy atom. The van der Waals surface area contributed by atoms with Crippen LogP contribution in [0.4, 0.5) is 0 Å². The number of rotatable bonds is 0. The van der Waals surface area contributed by atoms with Gasteiger partial charge in [-0.2, -0.15) is 0 Å². The molecule has 0 amide bonds. The molecule has 0 rings (SSSR count). The summed E-state index contributed by atoms with van der Waals surface area (Å²) in [7, 11) is 0. The summed E-state index contributed by atoms with van der Waals surface area (Å²) in [5, 5.41) is 0. The molecule has 0 fully saturated rings. The van der Waals surface area contributed by atoms with Crippen molar-refractivity contribution in [3.63, 3.8) is 0 Å². The van der Waals surface area contributed by atoms with Gasteiger partial charge in [0.15, 0.2) is 0 Å². The van der Waals surface area contributed by atoms with Crippen LogP contribution in [0.15, 0.2) is 0 Å². The Hall–Kier alpha value is 2.37. The maximum absolute atomic E-state index is 8.50. The van der Waals surface area contributed by atoms with Crippen LogP contribution in [0.25, 0.3) is 0 Å². The predicted octanol–water partition coefficient (Wildman–Crippen LogP) is -3.12. The molecule has 18 valence electrons. The minimum atomic E-state index is -2.00. The quantitative estimate of drug-likeness (QED) is 0.399. The molecule has 0 atom stereocenters. The second-order valence-corrected chi connectivity index (χ2v) is 0.344. The fourth-order valence-electron chi connectivity index (χ4n) is 0. The van der Waals surface area contributed by atoms with Crippen molar-refractivity contribution < 1.29 is 96.1 Å². The summed E-state index contributed by atoms with van der Waals surface area (Å²) >= 11 is -2.00. The van der Waals surface area contributed by atoms with Crippen molar-refractivity contribution in [2.24, 2.45) is 0 Å². The standard InChI is InChI=1S/Cs.2O.Ti.H/q+1;;;;-1. The second kappa shape index (κ2) is 9.03. The molecule has 0 aliphatic rings. The molecule has 0 aromatic heterocycles. The third-order valence-corrected chi connectivity index (χ3v) is 0. The summed E-state index contributed by atoms with van der Waals surface area (Å²) in [6.07, 6.45) is 0. The molecular formula is HCsO2Ti. The third-order valence-electron chi connectivity index (χ3n) is 0. The van der Waals surface area contributed by atoms with E-state index in [4.69, 9.17) is 6.65 Å². The van der Waals surface area contributed by atoms with Gasteiger partial charge in [-0.3, -0.25) is 0 Å². The van der Waals surface area contributed by atoms with Crippen molar-refractivity contribution in [1.82, 2.24) is 0 Å². The van der Waals surface area contributed by atoms with E-state index in [0.29, 0.717) is 0 Å². The van der Waals surface area contributed by atoms with E-state index in [2.05, 4.69) is 0 Å². The van der Waals surface area contributed by atoms with E-state index in [0.717, 1.165) is 0 Å². The van der Waals surface area contributed by atoms with Crippen molar-refractivity contribution >= 4 is 0 Å². The fraction of sp³-hybridized carbons (Fsp3) is 0. The zero-order valence-electron chi connectivity index (χ0n) is 3.32. The Balaban J connectivity index is -0.0000000200. The zero-order valence-corrected chi connectivity index (χ0v) is 10.2. The van der Waals surface area contributed by atoms with Gasteiger partial charge >= 0.3 is 94.6 Å². The molecule has 0 aliphatic carbocycles. The van der Waals surface area contributed by atoms with Crippen LogP contribution in [-0.4, -0.2) is 0 Å². The number of hydrogen-bond acceptors (Lipinski definition) is 2. The van der Waals surface area contributed by atoms with E-state index >= 15 is 0 Å². The molecule has 0 aromatic carbocycles. The van der Waals surface area contributed by atoms with Gasteiger partial charge in [-0.25, -0.2) is 0 Å². The molecular weight excluding hydrogens is 213 g/mol. The Morgan fingerprint density at radius 1 is 1.50 bits per heavy atom. The summed E-state index contributed by atoms with van der Waals surface area (Å²) in [6.45, 7) is 0. The van der Waals surface area contributed by atoms with Crippen LogP contribution >= 0.6 is 0 Å². The van der Waals surface area contributed by atoms with Crippen LogP contribution in [0.1, 0.15) is 1.43 Å². The molecule has 0 aliphatic heterocycles. The molecule has 0 saturated carbocycles. The van der Waals surface area contributed by atoms with Gasteiger partial charge in [-0.15, -0.1) is 0 Å². The van der Waals surface area contributed by atoms with E-state index in [9.17, 15) is 0 Å². The van der Waals surface area contributed by atoms with E-state index < -0.39 is 19.1 Å². The van der Waals surface area contributed by atoms with Gasteiger partial charge in [0.05, 0.1) is 0 Å². The van der Waals surface area contributed by atoms with Gasteiger partial charge in [0.1, 0.15) is 0 Å². The third kappa shape index (κ3) is 8.84. The van der Waals surface area contributed by atoms with Crippen molar-refractivity contribution in [2.75, 3.05) is 0 Å². The number of hydrogen-bond donors (Lipinski definition) is 0. The maximum atomic E-state index is 8.50. The molecule has 0 N–H and O–H groups in total. The van der Waals surface area contributed by atoms with Crippen LogP contribution < -0.4 is 68.9 Å². The summed E-state index contributed by atoms with van der Waals surface area (Å²) in [6, 6.07) is 0. The van der Waals surface area contributed by atoms with Crippen LogP contribution in [0.3, 0.4) is 0 Å². The average Bonchev–Trinajstić information content (AvgIpc) is 0.918. The van der Waals surface area contributed by atoms with Gasteiger partial charge in [-0.05, 0) is 0 Å². The fourth-order valence-corrected chi connectivity index (χ4v) is 0. The van der Waals surface area contributed by atoms with E-state index in [1.54, 1.807) is 0 Å². The van der Waals surface area contributed by atoms with Crippen LogP contribution in [-0.2, 0) is 25.7 Å². The van der Waals surface area contributed by atoms with Crippen LogP contribution in [0.2, 0.25) is 0 Å². The summed E-state index contributed by atoms with van der Waals surface area (Å²) in [4.78, 5) is 0. The van der Waals surface area contributed by atoms with E-state index in [1.807, 2.05) is 0 Å². The molecule has 0 bridgehead atoms. The first-order valence-electron chi connectivity index (χ1n) is 0.408. The van der Waals surface area contributed by atoms with E-state index in [-0.39, 0.29) is 70.3 Å². The molecule has 0 saturated heterocycles. The molecule has 0 spiro atoms. The van der Waals surface area contributed by atoms with Crippen molar-refractivity contribution in [2.45, 2.75) is 0 Å². The van der Waals surface area contributed by atoms with Crippen molar-refractivity contribution in [3.8, 4) is 0 Å². The van der Waals surface area contributed by atoms with Crippen LogP contribution in [0, 0.1) is 0 Å². The summed E-state index contributed by atoms with van der Waals surface area (Å²) in [5.41, 5.74) is 0. The van der Waals surface area contributed by atoms with Crippen molar-refractivity contribution in [3.05, 3.63) is 0 Å². The first-order valence-corrected chi connectivity index (χ1v) is 1.68. The Morgan fingerprint density at radius 2 is 1.50 bits per heavy atom. The van der Waals surface area contributed by atoms with Gasteiger partial charge in [0.2, 0.25) is 0 Å². The molecule has 0 radical (unpaired) electrons. The predicted molar refractivity (Wildman–Crippen MR) is 2.49 cm³/mol. The average molecular weight is 214 g/mol. The van der Waals surface area contributed by atoms with Gasteiger partial charge in [0, 0.05) is 0 Å². The molecule has 0 unspecified atom stereocenters. The molecule has 0 heterocycles. The van der Waals surface area contributed by atoms with Gasteiger partial charge < -0.3 is 1.43 Å². The Kier molecular flexibility index (Phi) is 21.7. The SMILES string of the molecule is [Cs+].[H-].[O]=[Ti]=[O]. The Labute approximate surface area is 93.2 Å². The second-order valence-electron chi connectivity index (χ2n) is 0.0833. The van der Waals surface area contributed by atoms with E-state index in [1.165, 1.54) is 0 Å². The first-order chi connectivity index (χ1) is 1.41. The zero-order chi connectivity index (χ0) is 2.71. The normalized spacial score (nSPS) is 2.00. The topological polar surface area (TPSA) is 34.1 Å². The first kappa shape index (κ1) is 9.62. The molecule has 4 heavy (non-hydrogen) atoms.